The molecule has 0 saturated carbocycles. The van der Waals surface area contributed by atoms with Crippen molar-refractivity contribution in [1.29, 1.82) is 5.26 Å². The Kier molecular flexibility index (Phi) is 5.53. The van der Waals surface area contributed by atoms with Crippen molar-refractivity contribution < 1.29 is 9.72 Å². The third-order valence-electron chi connectivity index (χ3n) is 2.98. The Morgan fingerprint density at radius 1 is 1.21 bits per heavy atom. The molecular weight excluding hydrogens is 353 g/mol. The highest BCUT2D eigenvalue weighted by atomic mass is 35.5. The lowest BCUT2D eigenvalue weighted by atomic mass is 10.1. The van der Waals surface area contributed by atoms with Crippen LogP contribution in [0.2, 0.25) is 10.0 Å². The van der Waals surface area contributed by atoms with E-state index in [2.05, 4.69) is 5.32 Å². The quantitative estimate of drug-likeness (QED) is 0.376. The summed E-state index contributed by atoms with van der Waals surface area (Å²) in [6.45, 7) is 0. The maximum atomic E-state index is 12.2. The van der Waals surface area contributed by atoms with Crippen molar-refractivity contribution in [3.05, 3.63) is 73.8 Å². The van der Waals surface area contributed by atoms with E-state index in [1.165, 1.54) is 18.2 Å². The fourth-order valence-corrected chi connectivity index (χ4v) is 2.22. The Morgan fingerprint density at radius 2 is 1.92 bits per heavy atom. The van der Waals surface area contributed by atoms with Crippen molar-refractivity contribution in [2.75, 3.05) is 5.32 Å². The zero-order chi connectivity index (χ0) is 17.7. The lowest BCUT2D eigenvalue weighted by Crippen LogP contribution is -2.13. The number of carbonyl (C=O) groups excluding carboxylic acids is 1. The van der Waals surface area contributed by atoms with Gasteiger partial charge in [-0.3, -0.25) is 14.9 Å². The minimum absolute atomic E-state index is 0.00687. The second kappa shape index (κ2) is 7.59. The fraction of sp³-hybridized carbons (Fsp3) is 0. The Labute approximate surface area is 147 Å². The molecule has 0 spiro atoms. The molecule has 0 bridgehead atoms. The summed E-state index contributed by atoms with van der Waals surface area (Å²) in [7, 11) is 0. The molecule has 0 aliphatic carbocycles. The highest BCUT2D eigenvalue weighted by molar-refractivity contribution is 6.34. The third-order valence-corrected chi connectivity index (χ3v) is 3.64. The second-order valence-corrected chi connectivity index (χ2v) is 5.38. The van der Waals surface area contributed by atoms with E-state index < -0.39 is 10.8 Å². The maximum Gasteiger partial charge on any atom is 0.271 e. The molecule has 0 aliphatic rings. The summed E-state index contributed by atoms with van der Waals surface area (Å²) in [6.07, 6.45) is 1.34. The van der Waals surface area contributed by atoms with E-state index in [-0.39, 0.29) is 22.0 Å². The lowest BCUT2D eigenvalue weighted by molar-refractivity contribution is -0.384. The highest BCUT2D eigenvalue weighted by Crippen LogP contribution is 2.27. The summed E-state index contributed by atoms with van der Waals surface area (Å²) in [5.74, 6) is -0.701. The predicted molar refractivity (Wildman–Crippen MR) is 91.8 cm³/mol. The number of non-ortho nitro benzene ring substituents is 1. The molecule has 0 atom stereocenters. The average Bonchev–Trinajstić information content (AvgIpc) is 2.55. The van der Waals surface area contributed by atoms with Gasteiger partial charge in [0.05, 0.1) is 15.6 Å². The van der Waals surface area contributed by atoms with Crippen molar-refractivity contribution in [3.8, 4) is 6.07 Å². The number of nitrogens with zero attached hydrogens (tertiary/aromatic N) is 2. The van der Waals surface area contributed by atoms with Crippen LogP contribution in [0.5, 0.6) is 0 Å². The van der Waals surface area contributed by atoms with Crippen LogP contribution < -0.4 is 5.32 Å². The number of benzene rings is 2. The maximum absolute atomic E-state index is 12.2. The normalized spacial score (nSPS) is 10.8. The molecule has 2 rings (SSSR count). The van der Waals surface area contributed by atoms with Gasteiger partial charge in [0.15, 0.2) is 0 Å². The van der Waals surface area contributed by atoms with E-state index in [4.69, 9.17) is 28.5 Å². The molecule has 0 saturated heterocycles. The van der Waals surface area contributed by atoms with Gasteiger partial charge in [0.2, 0.25) is 0 Å². The van der Waals surface area contributed by atoms with Crippen LogP contribution in [0.3, 0.4) is 0 Å². The third kappa shape index (κ3) is 4.10. The number of nitro groups is 1. The topological polar surface area (TPSA) is 96.0 Å². The average molecular weight is 362 g/mol. The van der Waals surface area contributed by atoms with E-state index in [1.807, 2.05) is 0 Å². The Morgan fingerprint density at radius 3 is 2.50 bits per heavy atom. The van der Waals surface area contributed by atoms with E-state index in [0.29, 0.717) is 10.6 Å². The summed E-state index contributed by atoms with van der Waals surface area (Å²) < 4.78 is 0. The van der Waals surface area contributed by atoms with Crippen LogP contribution >= 0.6 is 23.2 Å². The van der Waals surface area contributed by atoms with Crippen LogP contribution in [0.25, 0.3) is 6.08 Å². The molecule has 0 unspecified atom stereocenters. The molecule has 6 nitrogen and oxygen atoms in total. The zero-order valence-corrected chi connectivity index (χ0v) is 13.5. The number of rotatable bonds is 4. The standard InChI is InChI=1S/C16H9Cl2N3O3/c17-13-4-2-1-3-10(13)7-11(9-19)16(22)20-15-6-5-12(21(23)24)8-14(15)18/h1-8H,(H,20,22). The summed E-state index contributed by atoms with van der Waals surface area (Å²) in [6, 6.07) is 12.1. The molecular formula is C16H9Cl2N3O3. The summed E-state index contributed by atoms with van der Waals surface area (Å²) >= 11 is 11.9. The van der Waals surface area contributed by atoms with Crippen LogP contribution in [0.15, 0.2) is 48.0 Å². The van der Waals surface area contributed by atoms with Gasteiger partial charge in [-0.2, -0.15) is 5.26 Å². The van der Waals surface area contributed by atoms with Gasteiger partial charge in [-0.15, -0.1) is 0 Å². The minimum atomic E-state index is -0.701. The van der Waals surface area contributed by atoms with Crippen LogP contribution in [0, 0.1) is 21.4 Å². The van der Waals surface area contributed by atoms with Crippen molar-refractivity contribution in [2.45, 2.75) is 0 Å². The van der Waals surface area contributed by atoms with Gasteiger partial charge in [-0.05, 0) is 23.8 Å². The van der Waals surface area contributed by atoms with Crippen molar-refractivity contribution in [2.24, 2.45) is 0 Å². The predicted octanol–water partition coefficient (Wildman–Crippen LogP) is 4.45. The summed E-state index contributed by atoms with van der Waals surface area (Å²) in [4.78, 5) is 22.3. The van der Waals surface area contributed by atoms with Gasteiger partial charge < -0.3 is 5.32 Å². The Bertz CT molecular complexity index is 888. The van der Waals surface area contributed by atoms with E-state index >= 15 is 0 Å². The van der Waals surface area contributed by atoms with Gasteiger partial charge in [-0.1, -0.05) is 41.4 Å². The van der Waals surface area contributed by atoms with Crippen molar-refractivity contribution in [1.82, 2.24) is 0 Å². The minimum Gasteiger partial charge on any atom is -0.320 e. The summed E-state index contributed by atoms with van der Waals surface area (Å²) in [5, 5.41) is 22.7. The van der Waals surface area contributed by atoms with Crippen LogP contribution in [-0.4, -0.2) is 10.8 Å². The number of nitro benzene ring substituents is 1. The number of nitriles is 1. The molecule has 2 aromatic carbocycles. The largest absolute Gasteiger partial charge is 0.320 e. The first kappa shape index (κ1) is 17.5. The smallest absolute Gasteiger partial charge is 0.271 e. The van der Waals surface area contributed by atoms with Crippen LogP contribution in [0.1, 0.15) is 5.56 Å². The van der Waals surface area contributed by atoms with Crippen LogP contribution in [-0.2, 0) is 4.79 Å². The number of nitrogens with one attached hydrogen (secondary N) is 1. The number of hydrogen-bond donors (Lipinski definition) is 1. The molecule has 0 aromatic heterocycles. The van der Waals surface area contributed by atoms with Crippen LogP contribution in [0.4, 0.5) is 11.4 Å². The van der Waals surface area contributed by atoms with Gasteiger partial charge in [0.1, 0.15) is 11.6 Å². The molecule has 24 heavy (non-hydrogen) atoms. The SMILES string of the molecule is N#CC(=Cc1ccccc1Cl)C(=O)Nc1ccc([N+](=O)[O-])cc1Cl. The van der Waals surface area contributed by atoms with Gasteiger partial charge in [-0.25, -0.2) is 0 Å². The number of amides is 1. The number of hydrogen-bond acceptors (Lipinski definition) is 4. The lowest BCUT2D eigenvalue weighted by Gasteiger charge is -2.06. The first-order valence-corrected chi connectivity index (χ1v) is 7.29. The zero-order valence-electron chi connectivity index (χ0n) is 12.0. The van der Waals surface area contributed by atoms with E-state index in [1.54, 1.807) is 30.3 Å². The molecule has 0 heterocycles. The first-order chi connectivity index (χ1) is 11.4. The van der Waals surface area contributed by atoms with Gasteiger partial charge >= 0.3 is 0 Å². The van der Waals surface area contributed by atoms with E-state index in [9.17, 15) is 14.9 Å². The molecule has 0 fully saturated rings. The number of carbonyl (C=O) groups is 1. The molecule has 8 heteroatoms. The number of halogens is 2. The molecule has 2 aromatic rings. The Hall–Kier alpha value is -2.88. The molecule has 0 radical (unpaired) electrons. The Balaban J connectivity index is 2.26. The molecule has 1 amide bonds. The highest BCUT2D eigenvalue weighted by Gasteiger charge is 2.14. The molecule has 1 N–H and O–H groups in total. The molecule has 0 aliphatic heterocycles. The second-order valence-electron chi connectivity index (χ2n) is 4.57. The fourth-order valence-electron chi connectivity index (χ4n) is 1.80. The van der Waals surface area contributed by atoms with Gasteiger partial charge in [0, 0.05) is 17.2 Å². The number of anilines is 1. The van der Waals surface area contributed by atoms with Crippen molar-refractivity contribution in [3.63, 3.8) is 0 Å². The van der Waals surface area contributed by atoms with Crippen molar-refractivity contribution >= 4 is 46.6 Å². The monoisotopic (exact) mass is 361 g/mol. The molecule has 120 valence electrons. The summed E-state index contributed by atoms with van der Waals surface area (Å²) in [5.41, 5.74) is 0.288. The van der Waals surface area contributed by atoms with Gasteiger partial charge in [0.25, 0.3) is 11.6 Å². The van der Waals surface area contributed by atoms with E-state index in [0.717, 1.165) is 6.07 Å². The first-order valence-electron chi connectivity index (χ1n) is 6.54.